The number of fused-ring (bicyclic) bond motifs is 2. The van der Waals surface area contributed by atoms with Crippen LogP contribution < -0.4 is 5.30 Å². The number of rotatable bonds is 4. The summed E-state index contributed by atoms with van der Waals surface area (Å²) in [5.74, 6) is -0.224. The minimum absolute atomic E-state index is 0.0148. The van der Waals surface area contributed by atoms with Crippen molar-refractivity contribution in [3.63, 3.8) is 0 Å². The quantitative estimate of drug-likeness (QED) is 0.466. The van der Waals surface area contributed by atoms with Crippen molar-refractivity contribution in [1.82, 2.24) is 0 Å². The van der Waals surface area contributed by atoms with Gasteiger partial charge in [0.25, 0.3) is 0 Å². The smallest absolute Gasteiger partial charge is 0.364 e. The average Bonchev–Trinajstić information content (AvgIpc) is 2.73. The zero-order chi connectivity index (χ0) is 19.9. The Labute approximate surface area is 162 Å². The molecular weight excluding hydrogens is 375 g/mol. The Morgan fingerprint density at radius 2 is 1.32 bits per heavy atom. The Bertz CT molecular complexity index is 1240. The van der Waals surface area contributed by atoms with Gasteiger partial charge in [0.1, 0.15) is 16.8 Å². The van der Waals surface area contributed by atoms with Gasteiger partial charge in [-0.2, -0.15) is 0 Å². The third-order valence-corrected chi connectivity index (χ3v) is 6.83. The van der Waals surface area contributed by atoms with Crippen LogP contribution in [0.1, 0.15) is 0 Å². The van der Waals surface area contributed by atoms with Crippen LogP contribution in [0.15, 0.2) is 66.7 Å². The normalized spacial score (nSPS) is 11.9. The summed E-state index contributed by atoms with van der Waals surface area (Å²) in [6.07, 6.45) is 0. The summed E-state index contributed by atoms with van der Waals surface area (Å²) in [5.41, 5.74) is 0.851. The molecule has 6 heteroatoms. The van der Waals surface area contributed by atoms with E-state index in [0.717, 1.165) is 16.2 Å². The first-order valence-electron chi connectivity index (χ1n) is 8.68. The van der Waals surface area contributed by atoms with Crippen LogP contribution >= 0.6 is 7.60 Å². The molecule has 28 heavy (non-hydrogen) atoms. The van der Waals surface area contributed by atoms with Gasteiger partial charge in [0, 0.05) is 25.3 Å². The number of aromatic hydroxyl groups is 2. The fourth-order valence-electron chi connectivity index (χ4n) is 3.58. The van der Waals surface area contributed by atoms with Crippen LogP contribution in [0, 0.1) is 0 Å². The first kappa shape index (κ1) is 18.5. The summed E-state index contributed by atoms with van der Waals surface area (Å²) in [5, 5.41) is 25.1. The van der Waals surface area contributed by atoms with E-state index in [1.54, 1.807) is 12.1 Å². The maximum Gasteiger partial charge on any atom is 0.364 e. The van der Waals surface area contributed by atoms with Crippen LogP contribution in [0.3, 0.4) is 0 Å². The van der Waals surface area contributed by atoms with Gasteiger partial charge in [-0.1, -0.05) is 54.6 Å². The fraction of sp³-hybridized carbons (Fsp3) is 0.0909. The van der Waals surface area contributed by atoms with Gasteiger partial charge in [-0.05, 0) is 33.7 Å². The van der Waals surface area contributed by atoms with Crippen LogP contribution in [-0.4, -0.2) is 24.4 Å². The van der Waals surface area contributed by atoms with Crippen molar-refractivity contribution in [2.45, 2.75) is 0 Å². The lowest BCUT2D eigenvalue weighted by Gasteiger charge is -2.20. The number of phenolic OH excluding ortho intramolecular Hbond substituents is 2. The van der Waals surface area contributed by atoms with E-state index in [0.29, 0.717) is 16.5 Å². The zero-order valence-electron chi connectivity index (χ0n) is 15.4. The Morgan fingerprint density at radius 3 is 1.96 bits per heavy atom. The van der Waals surface area contributed by atoms with Crippen molar-refractivity contribution in [3.05, 3.63) is 66.7 Å². The van der Waals surface area contributed by atoms with Gasteiger partial charge in [0.05, 0.1) is 0 Å². The van der Waals surface area contributed by atoms with Crippen molar-refractivity contribution in [1.29, 1.82) is 0 Å². The highest BCUT2D eigenvalue weighted by atomic mass is 31.2. The summed E-state index contributed by atoms with van der Waals surface area (Å²) >= 11 is 0. The van der Waals surface area contributed by atoms with E-state index in [4.69, 9.17) is 9.05 Å². The molecule has 4 rings (SSSR count). The second-order valence-electron chi connectivity index (χ2n) is 6.38. The van der Waals surface area contributed by atoms with E-state index >= 15 is 0 Å². The molecule has 0 saturated heterocycles. The maximum atomic E-state index is 13.1. The first-order chi connectivity index (χ1) is 13.5. The van der Waals surface area contributed by atoms with Gasteiger partial charge in [0.15, 0.2) is 0 Å². The predicted molar refractivity (Wildman–Crippen MR) is 111 cm³/mol. The summed E-state index contributed by atoms with van der Waals surface area (Å²) < 4.78 is 23.3. The summed E-state index contributed by atoms with van der Waals surface area (Å²) in [6.45, 7) is 0. The van der Waals surface area contributed by atoms with E-state index in [1.165, 1.54) is 14.2 Å². The summed E-state index contributed by atoms with van der Waals surface area (Å²) in [7, 11) is -1.19. The molecular formula is C22H19O5P. The first-order valence-corrected chi connectivity index (χ1v) is 10.2. The van der Waals surface area contributed by atoms with Gasteiger partial charge >= 0.3 is 7.60 Å². The average molecular weight is 394 g/mol. The van der Waals surface area contributed by atoms with Gasteiger partial charge in [-0.3, -0.25) is 4.57 Å². The molecule has 0 saturated carbocycles. The molecule has 0 radical (unpaired) electrons. The number of hydrogen-bond acceptors (Lipinski definition) is 5. The molecule has 0 aliphatic heterocycles. The number of hydrogen-bond donors (Lipinski definition) is 2. The molecule has 0 aromatic heterocycles. The molecule has 0 bridgehead atoms. The van der Waals surface area contributed by atoms with Crippen LogP contribution in [-0.2, 0) is 13.6 Å². The molecule has 0 amide bonds. The van der Waals surface area contributed by atoms with Crippen LogP contribution in [0.25, 0.3) is 32.7 Å². The molecule has 142 valence electrons. The van der Waals surface area contributed by atoms with E-state index in [1.807, 2.05) is 54.6 Å². The van der Waals surface area contributed by atoms with Gasteiger partial charge in [0.2, 0.25) is 0 Å². The second-order valence-corrected chi connectivity index (χ2v) is 8.59. The molecule has 0 aliphatic carbocycles. The molecule has 0 unspecified atom stereocenters. The molecule has 2 N–H and O–H groups in total. The van der Waals surface area contributed by atoms with E-state index in [2.05, 4.69) is 0 Å². The molecule has 4 aromatic rings. The molecule has 0 aliphatic rings. The molecule has 0 fully saturated rings. The van der Waals surface area contributed by atoms with Gasteiger partial charge in [-0.15, -0.1) is 0 Å². The topological polar surface area (TPSA) is 76.0 Å². The van der Waals surface area contributed by atoms with Crippen molar-refractivity contribution in [2.24, 2.45) is 0 Å². The van der Waals surface area contributed by atoms with E-state index < -0.39 is 7.60 Å². The van der Waals surface area contributed by atoms with Crippen molar-refractivity contribution >= 4 is 34.4 Å². The van der Waals surface area contributed by atoms with Crippen LogP contribution in [0.5, 0.6) is 11.5 Å². The number of phenols is 2. The summed E-state index contributed by atoms with van der Waals surface area (Å²) in [6, 6.07) is 20.0. The number of benzene rings is 4. The lowest BCUT2D eigenvalue weighted by atomic mass is 9.92. The molecule has 0 spiro atoms. The van der Waals surface area contributed by atoms with Gasteiger partial charge < -0.3 is 19.3 Å². The van der Waals surface area contributed by atoms with Gasteiger partial charge in [-0.25, -0.2) is 0 Å². The molecule has 4 aromatic carbocycles. The minimum atomic E-state index is -3.73. The molecule has 0 atom stereocenters. The van der Waals surface area contributed by atoms with Crippen molar-refractivity contribution in [3.8, 4) is 22.6 Å². The van der Waals surface area contributed by atoms with Crippen LogP contribution in [0.2, 0.25) is 0 Å². The lowest BCUT2D eigenvalue weighted by Crippen LogP contribution is -2.10. The Balaban J connectivity index is 2.21. The summed E-state index contributed by atoms with van der Waals surface area (Å²) in [4.78, 5) is 0. The highest BCUT2D eigenvalue weighted by molar-refractivity contribution is 7.62. The Kier molecular flexibility index (Phi) is 4.60. The Hall–Kier alpha value is -2.85. The zero-order valence-corrected chi connectivity index (χ0v) is 16.3. The largest absolute Gasteiger partial charge is 0.507 e. The third-order valence-electron chi connectivity index (χ3n) is 4.93. The molecule has 5 nitrogen and oxygen atoms in total. The Morgan fingerprint density at radius 1 is 0.750 bits per heavy atom. The fourth-order valence-corrected chi connectivity index (χ4v) is 4.79. The second kappa shape index (κ2) is 6.95. The highest BCUT2D eigenvalue weighted by Crippen LogP contribution is 2.52. The monoisotopic (exact) mass is 394 g/mol. The SMILES string of the molecule is COP(=O)(OC)c1cc2ccccc2c(-c2c(O)ccc3ccccc23)c1O. The highest BCUT2D eigenvalue weighted by Gasteiger charge is 2.32. The molecule has 0 heterocycles. The maximum absolute atomic E-state index is 13.1. The van der Waals surface area contributed by atoms with E-state index in [9.17, 15) is 14.8 Å². The predicted octanol–water partition coefficient (Wildman–Crippen LogP) is 5.18. The lowest BCUT2D eigenvalue weighted by molar-refractivity contribution is 0.286. The third kappa shape index (κ3) is 2.76. The van der Waals surface area contributed by atoms with E-state index in [-0.39, 0.29) is 16.8 Å². The van der Waals surface area contributed by atoms with Crippen LogP contribution in [0.4, 0.5) is 0 Å². The van der Waals surface area contributed by atoms with Crippen molar-refractivity contribution < 1.29 is 23.8 Å². The van der Waals surface area contributed by atoms with Crippen molar-refractivity contribution in [2.75, 3.05) is 14.2 Å². The minimum Gasteiger partial charge on any atom is -0.507 e. The standard InChI is InChI=1S/C22H19O5P/c1-26-28(25,27-2)19-13-15-8-4-6-10-17(15)21(22(19)24)20-16-9-5-3-7-14(16)11-12-18(20)23/h3-13,23-24H,1-2H3.